The Hall–Kier alpha value is 2.09. The molecule has 0 unspecified atom stereocenters. The molecular weight excluding hydrogens is 162 g/mol. The van der Waals surface area contributed by atoms with Crippen molar-refractivity contribution in [3.63, 3.8) is 0 Å². The molecule has 0 aliphatic carbocycles. The van der Waals surface area contributed by atoms with Gasteiger partial charge in [-0.1, -0.05) is 0 Å². The molecule has 0 aromatic rings. The Morgan fingerprint density at radius 3 is 0.857 bits per heavy atom. The van der Waals surface area contributed by atoms with E-state index < -0.39 is 18.1 Å². The fourth-order valence-corrected chi connectivity index (χ4v) is 0. The van der Waals surface area contributed by atoms with Crippen LogP contribution in [0.25, 0.3) is 0 Å². The van der Waals surface area contributed by atoms with Crippen molar-refractivity contribution in [3.05, 3.63) is 0 Å². The zero-order valence-corrected chi connectivity index (χ0v) is 8.43. The fraction of sp³-hybridized carbons (Fsp3) is 0. The molecule has 7 heteroatoms. The average Bonchev–Trinajstić information content (AvgIpc) is 0.722. The molecule has 4 nitrogen and oxygen atoms in total. The third-order valence-corrected chi connectivity index (χ3v) is 0. The summed E-state index contributed by atoms with van der Waals surface area (Å²) in [5, 5.41) is 0. The van der Waals surface area contributed by atoms with Crippen molar-refractivity contribution in [2.45, 2.75) is 0 Å². The molecule has 0 atom stereocenters. The summed E-state index contributed by atoms with van der Waals surface area (Å²) in [6.07, 6.45) is 0. The molecule has 0 rings (SSSR count). The average molecular weight is 162 g/mol. The van der Waals surface area contributed by atoms with Crippen molar-refractivity contribution in [2.24, 2.45) is 0 Å². The van der Waals surface area contributed by atoms with E-state index in [9.17, 15) is 0 Å². The maximum atomic E-state index is 8.62. The summed E-state index contributed by atoms with van der Waals surface area (Å²) in [6, 6.07) is 0. The summed E-state index contributed by atoms with van der Waals surface area (Å²) in [4.78, 5) is 0. The Morgan fingerprint density at radius 1 is 0.857 bits per heavy atom. The third kappa shape index (κ3) is 68.8. The van der Waals surface area contributed by atoms with Crippen LogP contribution in [0, 0.1) is 0 Å². The molecule has 7 heavy (non-hydrogen) atoms. The van der Waals surface area contributed by atoms with E-state index in [1.54, 1.807) is 0 Å². The van der Waals surface area contributed by atoms with Crippen LogP contribution < -0.4 is 44.3 Å². The van der Waals surface area contributed by atoms with Crippen molar-refractivity contribution in [2.75, 3.05) is 0 Å². The van der Waals surface area contributed by atoms with Crippen LogP contribution in [0.3, 0.4) is 0 Å². The Morgan fingerprint density at radius 2 is 0.857 bits per heavy atom. The predicted octanol–water partition coefficient (Wildman–Crippen LogP) is -8.14. The summed E-state index contributed by atoms with van der Waals surface area (Å²) in [5.74, 6) is 0. The van der Waals surface area contributed by atoms with Gasteiger partial charge in [0.2, 0.25) is 0 Å². The van der Waals surface area contributed by atoms with Gasteiger partial charge in [-0.3, -0.25) is 0 Å². The molecule has 0 spiro atoms. The molecule has 0 saturated carbocycles. The van der Waals surface area contributed by atoms with Gasteiger partial charge in [-0.2, -0.15) is 0 Å². The minimum absolute atomic E-state index is 0. The number of rotatable bonds is 0. The van der Waals surface area contributed by atoms with Crippen LogP contribution in [-0.2, 0) is 18.1 Å². The topological polar surface area (TPSA) is 92.2 Å². The molecular formula is AlNaO4Ti. The second-order valence-electron chi connectivity index (χ2n) is 0.500. The van der Waals surface area contributed by atoms with E-state index in [1.165, 1.54) is 0 Å². The summed E-state index contributed by atoms with van der Waals surface area (Å²) in [6.45, 7) is 0. The maximum absolute atomic E-state index is 8.62. The summed E-state index contributed by atoms with van der Waals surface area (Å²) in [5.41, 5.74) is 0. The zero-order valence-electron chi connectivity index (χ0n) is 3.71. The Labute approximate surface area is 78.9 Å². The molecule has 0 heterocycles. The van der Waals surface area contributed by atoms with E-state index in [1.807, 2.05) is 0 Å². The van der Waals surface area contributed by atoms with Gasteiger partial charge in [-0.05, 0) is 0 Å². The van der Waals surface area contributed by atoms with Crippen LogP contribution in [-0.4, -0.2) is 17.4 Å². The first-order chi connectivity index (χ1) is 2.00. The second-order valence-corrected chi connectivity index (χ2v) is 2.06. The van der Waals surface area contributed by atoms with Crippen molar-refractivity contribution in [1.82, 2.24) is 0 Å². The molecule has 0 amide bonds. The Bertz CT molecular complexity index is 27.2. The summed E-state index contributed by atoms with van der Waals surface area (Å²) >= 11 is -6.00. The van der Waals surface area contributed by atoms with Gasteiger partial charge in [0, 0.05) is 0 Å². The zero-order chi connectivity index (χ0) is 4.50. The minimum atomic E-state index is -6.00. The monoisotopic (exact) mass is 162 g/mol. The predicted molar refractivity (Wildman–Crippen MR) is 5.75 cm³/mol. The molecule has 32 valence electrons. The number of hydrogen-bond donors (Lipinski definition) is 0. The van der Waals surface area contributed by atoms with Gasteiger partial charge in [-0.25, -0.2) is 0 Å². The third-order valence-electron chi connectivity index (χ3n) is 0. The first-order valence-corrected chi connectivity index (χ1v) is 3.37. The molecule has 0 radical (unpaired) electrons. The van der Waals surface area contributed by atoms with E-state index in [4.69, 9.17) is 14.8 Å². The second kappa shape index (κ2) is 6.21. The van der Waals surface area contributed by atoms with E-state index in [2.05, 4.69) is 0 Å². The number of hydrogen-bond acceptors (Lipinski definition) is 4. The first-order valence-electron chi connectivity index (χ1n) is 0.816. The summed E-state index contributed by atoms with van der Waals surface area (Å²) in [7, 11) is 0. The van der Waals surface area contributed by atoms with Gasteiger partial charge < -0.3 is 0 Å². The van der Waals surface area contributed by atoms with Gasteiger partial charge in [0.15, 0.2) is 0 Å². The SMILES string of the molecule is [Al+3].[Na+].[O-][Ti]([O-])([O-])[O-]. The molecule has 0 aliphatic heterocycles. The van der Waals surface area contributed by atoms with Crippen molar-refractivity contribution in [1.29, 1.82) is 0 Å². The van der Waals surface area contributed by atoms with Crippen LogP contribution in [0.15, 0.2) is 0 Å². The van der Waals surface area contributed by atoms with Crippen LogP contribution in [0.1, 0.15) is 0 Å². The normalized spacial score (nSPS) is 8.57. The fourth-order valence-electron chi connectivity index (χ4n) is 0. The van der Waals surface area contributed by atoms with E-state index >= 15 is 0 Å². The molecule has 0 aliphatic rings. The van der Waals surface area contributed by atoms with Gasteiger partial charge in [-0.15, -0.1) is 0 Å². The van der Waals surface area contributed by atoms with E-state index in [0.29, 0.717) is 0 Å². The van der Waals surface area contributed by atoms with E-state index in [-0.39, 0.29) is 46.9 Å². The van der Waals surface area contributed by atoms with Crippen LogP contribution in [0.4, 0.5) is 0 Å². The standard InChI is InChI=1S/Al.Na.4O.Ti/q+3;+1;4*-1;. The molecule has 0 fully saturated rings. The van der Waals surface area contributed by atoms with Gasteiger partial charge in [0.05, 0.1) is 0 Å². The van der Waals surface area contributed by atoms with Crippen molar-refractivity contribution >= 4 is 17.4 Å². The van der Waals surface area contributed by atoms with Gasteiger partial charge in [0.25, 0.3) is 0 Å². The van der Waals surface area contributed by atoms with E-state index in [0.717, 1.165) is 0 Å². The summed E-state index contributed by atoms with van der Waals surface area (Å²) < 4.78 is 34.5. The quantitative estimate of drug-likeness (QED) is 0.330. The van der Waals surface area contributed by atoms with Crippen molar-refractivity contribution in [3.8, 4) is 0 Å². The molecule has 0 aromatic heterocycles. The van der Waals surface area contributed by atoms with Gasteiger partial charge >= 0.3 is 79.8 Å². The first kappa shape index (κ1) is 16.0. The molecule has 0 bridgehead atoms. The Kier molecular flexibility index (Phi) is 14.2. The van der Waals surface area contributed by atoms with Gasteiger partial charge in [0.1, 0.15) is 0 Å². The molecule has 0 N–H and O–H groups in total. The van der Waals surface area contributed by atoms with Crippen LogP contribution >= 0.6 is 0 Å². The molecule has 0 saturated heterocycles. The molecule has 0 aromatic carbocycles. The van der Waals surface area contributed by atoms with Crippen LogP contribution in [0.2, 0.25) is 0 Å². The Balaban J connectivity index is -0.0000000800. The van der Waals surface area contributed by atoms with Crippen LogP contribution in [0.5, 0.6) is 0 Å². The van der Waals surface area contributed by atoms with Crippen molar-refractivity contribution < 1.29 is 62.5 Å².